The highest BCUT2D eigenvalue weighted by Gasteiger charge is 2.34. The van der Waals surface area contributed by atoms with Gasteiger partial charge in [0.05, 0.1) is 11.9 Å². The molecule has 3 fully saturated rings. The monoisotopic (exact) mass is 487 g/mol. The van der Waals surface area contributed by atoms with Gasteiger partial charge in [-0.1, -0.05) is 0 Å². The van der Waals surface area contributed by atoms with E-state index in [0.717, 1.165) is 30.8 Å². The summed E-state index contributed by atoms with van der Waals surface area (Å²) in [6.07, 6.45) is 7.64. The standard InChI is InChI=1S/C18H29N7O.HI/c1-19-18(20-9-14-5-6-23(11-14)15-3-4-15)24-7-8-25(17(26)13-24)16-10-21-22(2)12-16;/h10,12,14-15H,3-9,11,13H2,1-2H3,(H,19,20);1H. The van der Waals surface area contributed by atoms with Crippen LogP contribution in [0, 0.1) is 5.92 Å². The van der Waals surface area contributed by atoms with Crippen molar-refractivity contribution >= 4 is 41.5 Å². The molecule has 1 N–H and O–H groups in total. The molecule has 2 saturated heterocycles. The van der Waals surface area contributed by atoms with Crippen molar-refractivity contribution in [3.8, 4) is 0 Å². The summed E-state index contributed by atoms with van der Waals surface area (Å²) in [6.45, 7) is 5.16. The van der Waals surface area contributed by atoms with Crippen LogP contribution in [0.2, 0.25) is 0 Å². The zero-order valence-electron chi connectivity index (χ0n) is 16.2. The molecule has 9 heteroatoms. The van der Waals surface area contributed by atoms with Crippen molar-refractivity contribution in [1.82, 2.24) is 24.9 Å². The van der Waals surface area contributed by atoms with Crippen LogP contribution in [-0.4, -0.2) is 83.8 Å². The molecule has 4 rings (SSSR count). The number of hydrogen-bond acceptors (Lipinski definition) is 4. The zero-order chi connectivity index (χ0) is 18.1. The number of hydrogen-bond donors (Lipinski definition) is 1. The Morgan fingerprint density at radius 3 is 2.74 bits per heavy atom. The number of halogens is 1. The van der Waals surface area contributed by atoms with Gasteiger partial charge >= 0.3 is 0 Å². The molecular formula is C18H30IN7O. The van der Waals surface area contributed by atoms with Crippen LogP contribution < -0.4 is 10.2 Å². The SMILES string of the molecule is CN=C(NCC1CCN(C2CC2)C1)N1CCN(c2cnn(C)c2)C(=O)C1.I. The first kappa shape index (κ1) is 20.4. The second-order valence-corrected chi connectivity index (χ2v) is 7.65. The van der Waals surface area contributed by atoms with Gasteiger partial charge in [0.2, 0.25) is 5.91 Å². The van der Waals surface area contributed by atoms with Crippen LogP contribution in [0.5, 0.6) is 0 Å². The summed E-state index contributed by atoms with van der Waals surface area (Å²) in [4.78, 5) is 23.5. The average Bonchev–Trinajstić information content (AvgIpc) is 3.22. The molecule has 150 valence electrons. The van der Waals surface area contributed by atoms with Gasteiger partial charge in [0.15, 0.2) is 5.96 Å². The van der Waals surface area contributed by atoms with E-state index in [2.05, 4.69) is 25.2 Å². The molecule has 0 aromatic carbocycles. The fourth-order valence-electron chi connectivity index (χ4n) is 4.04. The predicted molar refractivity (Wildman–Crippen MR) is 117 cm³/mol. The van der Waals surface area contributed by atoms with E-state index in [1.165, 1.54) is 32.4 Å². The van der Waals surface area contributed by atoms with Crippen LogP contribution >= 0.6 is 24.0 Å². The lowest BCUT2D eigenvalue weighted by molar-refractivity contribution is -0.120. The minimum absolute atomic E-state index is 0. The van der Waals surface area contributed by atoms with Gasteiger partial charge in [-0.3, -0.25) is 14.5 Å². The number of aromatic nitrogens is 2. The summed E-state index contributed by atoms with van der Waals surface area (Å²) >= 11 is 0. The lowest BCUT2D eigenvalue weighted by Crippen LogP contribution is -2.55. The number of nitrogens with zero attached hydrogens (tertiary/aromatic N) is 6. The number of aryl methyl sites for hydroxylation is 1. The van der Waals surface area contributed by atoms with Crippen molar-refractivity contribution in [2.24, 2.45) is 18.0 Å². The molecule has 0 bridgehead atoms. The first-order chi connectivity index (χ1) is 12.6. The average molecular weight is 487 g/mol. The van der Waals surface area contributed by atoms with E-state index in [-0.39, 0.29) is 29.9 Å². The number of nitrogens with one attached hydrogen (secondary N) is 1. The molecule has 3 heterocycles. The van der Waals surface area contributed by atoms with Gasteiger partial charge in [0.1, 0.15) is 6.54 Å². The molecule has 1 atom stereocenters. The number of anilines is 1. The number of carbonyl (C=O) groups is 1. The van der Waals surface area contributed by atoms with Crippen LogP contribution in [0.25, 0.3) is 0 Å². The molecule has 0 radical (unpaired) electrons. The van der Waals surface area contributed by atoms with E-state index in [9.17, 15) is 4.79 Å². The molecule has 3 aliphatic rings. The summed E-state index contributed by atoms with van der Waals surface area (Å²) in [5.74, 6) is 1.61. The third-order valence-electron chi connectivity index (χ3n) is 5.66. The number of piperazine rings is 1. The second kappa shape index (κ2) is 8.76. The number of amides is 1. The summed E-state index contributed by atoms with van der Waals surface area (Å²) < 4.78 is 1.72. The van der Waals surface area contributed by atoms with E-state index < -0.39 is 0 Å². The first-order valence-corrected chi connectivity index (χ1v) is 9.62. The fourth-order valence-corrected chi connectivity index (χ4v) is 4.04. The van der Waals surface area contributed by atoms with Gasteiger partial charge in [0.25, 0.3) is 0 Å². The van der Waals surface area contributed by atoms with Crippen molar-refractivity contribution < 1.29 is 4.79 Å². The Kier molecular flexibility index (Phi) is 6.61. The van der Waals surface area contributed by atoms with Gasteiger partial charge < -0.3 is 20.0 Å². The quantitative estimate of drug-likeness (QED) is 0.386. The molecule has 0 spiro atoms. The van der Waals surface area contributed by atoms with E-state index in [0.29, 0.717) is 19.0 Å². The lowest BCUT2D eigenvalue weighted by Gasteiger charge is -2.35. The Balaban J connectivity index is 0.00000210. The number of aliphatic imine (C=N–C) groups is 1. The maximum Gasteiger partial charge on any atom is 0.246 e. The fraction of sp³-hybridized carbons (Fsp3) is 0.722. The number of likely N-dealkylation sites (tertiary alicyclic amines) is 1. The largest absolute Gasteiger partial charge is 0.356 e. The third-order valence-corrected chi connectivity index (χ3v) is 5.66. The molecule has 27 heavy (non-hydrogen) atoms. The predicted octanol–water partition coefficient (Wildman–Crippen LogP) is 0.746. The van der Waals surface area contributed by atoms with Crippen LogP contribution in [0.15, 0.2) is 17.4 Å². The maximum atomic E-state index is 12.6. The van der Waals surface area contributed by atoms with Crippen LogP contribution in [0.3, 0.4) is 0 Å². The summed E-state index contributed by atoms with van der Waals surface area (Å²) in [7, 11) is 3.66. The van der Waals surface area contributed by atoms with Crippen LogP contribution in [0.1, 0.15) is 19.3 Å². The van der Waals surface area contributed by atoms with Crippen molar-refractivity contribution in [3.63, 3.8) is 0 Å². The smallest absolute Gasteiger partial charge is 0.246 e. The summed E-state index contributed by atoms with van der Waals surface area (Å²) in [5.41, 5.74) is 0.867. The molecule has 1 aliphatic carbocycles. The lowest BCUT2D eigenvalue weighted by atomic mass is 10.1. The van der Waals surface area contributed by atoms with Crippen molar-refractivity contribution in [1.29, 1.82) is 0 Å². The Bertz CT molecular complexity index is 687. The van der Waals surface area contributed by atoms with Crippen molar-refractivity contribution in [2.75, 3.05) is 51.2 Å². The minimum atomic E-state index is 0. The van der Waals surface area contributed by atoms with E-state index in [1.54, 1.807) is 22.8 Å². The Morgan fingerprint density at radius 2 is 2.11 bits per heavy atom. The van der Waals surface area contributed by atoms with Gasteiger partial charge in [-0.05, 0) is 31.7 Å². The van der Waals surface area contributed by atoms with Crippen molar-refractivity contribution in [3.05, 3.63) is 12.4 Å². The Labute approximate surface area is 178 Å². The van der Waals surface area contributed by atoms with Crippen LogP contribution in [-0.2, 0) is 11.8 Å². The van der Waals surface area contributed by atoms with Gasteiger partial charge in [-0.15, -0.1) is 24.0 Å². The molecule has 8 nitrogen and oxygen atoms in total. The number of carbonyl (C=O) groups excluding carboxylic acids is 1. The minimum Gasteiger partial charge on any atom is -0.356 e. The molecule has 1 aromatic rings. The second-order valence-electron chi connectivity index (χ2n) is 7.65. The highest BCUT2D eigenvalue weighted by Crippen LogP contribution is 2.31. The molecule has 1 saturated carbocycles. The van der Waals surface area contributed by atoms with E-state index in [4.69, 9.17) is 0 Å². The molecule has 1 unspecified atom stereocenters. The third kappa shape index (κ3) is 4.74. The summed E-state index contributed by atoms with van der Waals surface area (Å²) in [6, 6.07) is 0.859. The van der Waals surface area contributed by atoms with Crippen LogP contribution in [0.4, 0.5) is 5.69 Å². The molecular weight excluding hydrogens is 457 g/mol. The van der Waals surface area contributed by atoms with Gasteiger partial charge in [0, 0.05) is 52.5 Å². The van der Waals surface area contributed by atoms with Crippen molar-refractivity contribution in [2.45, 2.75) is 25.3 Å². The summed E-state index contributed by atoms with van der Waals surface area (Å²) in [5, 5.41) is 7.66. The highest BCUT2D eigenvalue weighted by atomic mass is 127. The normalized spacial score (nSPS) is 24.3. The number of guanidine groups is 1. The van der Waals surface area contributed by atoms with E-state index >= 15 is 0 Å². The Morgan fingerprint density at radius 1 is 1.30 bits per heavy atom. The van der Waals surface area contributed by atoms with Gasteiger partial charge in [-0.2, -0.15) is 5.10 Å². The zero-order valence-corrected chi connectivity index (χ0v) is 18.5. The highest BCUT2D eigenvalue weighted by molar-refractivity contribution is 14.0. The molecule has 2 aliphatic heterocycles. The Hall–Kier alpha value is -1.36. The van der Waals surface area contributed by atoms with Gasteiger partial charge in [-0.25, -0.2) is 0 Å². The van der Waals surface area contributed by atoms with E-state index in [1.807, 2.05) is 13.2 Å². The first-order valence-electron chi connectivity index (χ1n) is 9.62. The number of rotatable bonds is 4. The molecule has 1 aromatic heterocycles. The topological polar surface area (TPSA) is 69.0 Å². The maximum absolute atomic E-state index is 12.6. The molecule has 1 amide bonds.